The Morgan fingerprint density at radius 1 is 1.50 bits per heavy atom. The van der Waals surface area contributed by atoms with E-state index in [0.717, 1.165) is 0 Å². The Bertz CT molecular complexity index is 450. The van der Waals surface area contributed by atoms with Crippen LogP contribution in [-0.2, 0) is 14.3 Å². The van der Waals surface area contributed by atoms with Crippen LogP contribution in [0.25, 0.3) is 0 Å². The predicted octanol–water partition coefficient (Wildman–Crippen LogP) is 1.45. The van der Waals surface area contributed by atoms with Crippen LogP contribution in [0, 0.1) is 11.8 Å². The van der Waals surface area contributed by atoms with Crippen LogP contribution in [0.3, 0.4) is 0 Å². The normalized spacial score (nSPS) is 8.88. The molecule has 1 heterocycles. The van der Waals surface area contributed by atoms with Crippen LogP contribution in [0.2, 0.25) is 0 Å². The van der Waals surface area contributed by atoms with Crippen LogP contribution in [0.15, 0.2) is 11.4 Å². The Kier molecular flexibility index (Phi) is 4.55. The minimum absolute atomic E-state index is 0.279. The second-order valence-electron chi connectivity index (χ2n) is 2.63. The van der Waals surface area contributed by atoms with Gasteiger partial charge in [-0.05, 0) is 18.4 Å². The molecule has 0 spiro atoms. The molecule has 0 saturated heterocycles. The highest BCUT2D eigenvalue weighted by Crippen LogP contribution is 2.16. The lowest BCUT2D eigenvalue weighted by atomic mass is 10.2. The summed E-state index contributed by atoms with van der Waals surface area (Å²) < 4.78 is 9.22. The average Bonchev–Trinajstić information content (AvgIpc) is 2.74. The Balaban J connectivity index is 2.85. The van der Waals surface area contributed by atoms with Crippen molar-refractivity contribution in [1.82, 2.24) is 0 Å². The molecule has 0 fully saturated rings. The van der Waals surface area contributed by atoms with Crippen LogP contribution in [0.1, 0.15) is 22.2 Å². The molecule has 1 aromatic rings. The summed E-state index contributed by atoms with van der Waals surface area (Å²) in [5.41, 5.74) is 0.477. The monoisotopic (exact) mass is 238 g/mol. The fourth-order valence-corrected chi connectivity index (χ4v) is 1.71. The van der Waals surface area contributed by atoms with E-state index in [1.54, 1.807) is 18.4 Å². The molecule has 0 N–H and O–H groups in total. The number of carbonyl (C=O) groups is 2. The van der Waals surface area contributed by atoms with Gasteiger partial charge in [0.2, 0.25) is 0 Å². The molecule has 1 aromatic heterocycles. The third-order valence-corrected chi connectivity index (χ3v) is 2.51. The fraction of sp³-hybridized carbons (Fsp3) is 0.273. The molecule has 0 aliphatic rings. The molecule has 0 bridgehead atoms. The zero-order valence-electron chi connectivity index (χ0n) is 8.90. The first kappa shape index (κ1) is 12.3. The molecular weight excluding hydrogens is 228 g/mol. The van der Waals surface area contributed by atoms with Crippen molar-refractivity contribution in [1.29, 1.82) is 0 Å². The Morgan fingerprint density at radius 3 is 2.88 bits per heavy atom. The molecule has 84 valence electrons. The molecular formula is C11H10O4S. The lowest BCUT2D eigenvalue weighted by molar-refractivity contribution is -0.136. The summed E-state index contributed by atoms with van der Waals surface area (Å²) in [7, 11) is 1.30. The van der Waals surface area contributed by atoms with Gasteiger partial charge in [0.05, 0.1) is 19.3 Å². The summed E-state index contributed by atoms with van der Waals surface area (Å²) in [6.45, 7) is 1.98. The molecule has 0 saturated carbocycles. The zero-order valence-corrected chi connectivity index (χ0v) is 9.72. The number of esters is 2. The number of rotatable bonds is 2. The van der Waals surface area contributed by atoms with Gasteiger partial charge in [-0.15, -0.1) is 11.3 Å². The van der Waals surface area contributed by atoms with E-state index >= 15 is 0 Å². The van der Waals surface area contributed by atoms with Crippen molar-refractivity contribution in [3.63, 3.8) is 0 Å². The molecule has 0 amide bonds. The number of thiophene rings is 1. The van der Waals surface area contributed by atoms with Crippen LogP contribution in [-0.4, -0.2) is 25.7 Å². The molecule has 0 atom stereocenters. The number of carbonyl (C=O) groups excluding carboxylic acids is 2. The zero-order chi connectivity index (χ0) is 12.0. The summed E-state index contributed by atoms with van der Waals surface area (Å²) >= 11 is 1.22. The van der Waals surface area contributed by atoms with E-state index in [0.29, 0.717) is 10.4 Å². The van der Waals surface area contributed by atoms with Gasteiger partial charge >= 0.3 is 11.9 Å². The van der Waals surface area contributed by atoms with Crippen molar-refractivity contribution in [2.45, 2.75) is 6.92 Å². The molecule has 0 unspecified atom stereocenters. The second-order valence-corrected chi connectivity index (χ2v) is 3.54. The summed E-state index contributed by atoms with van der Waals surface area (Å²) in [5.74, 6) is 3.81. The van der Waals surface area contributed by atoms with E-state index in [1.807, 2.05) is 0 Å². The van der Waals surface area contributed by atoms with Gasteiger partial charge in [0.15, 0.2) is 0 Å². The van der Waals surface area contributed by atoms with Gasteiger partial charge < -0.3 is 9.47 Å². The van der Waals surface area contributed by atoms with Crippen LogP contribution < -0.4 is 0 Å². The molecule has 1 rings (SSSR count). The number of hydrogen-bond donors (Lipinski definition) is 0. The van der Waals surface area contributed by atoms with Crippen LogP contribution in [0.4, 0.5) is 0 Å². The maximum Gasteiger partial charge on any atom is 0.384 e. The molecule has 16 heavy (non-hydrogen) atoms. The molecule has 0 aliphatic heterocycles. The topological polar surface area (TPSA) is 52.6 Å². The smallest absolute Gasteiger partial charge is 0.384 e. The van der Waals surface area contributed by atoms with E-state index in [1.165, 1.54) is 18.4 Å². The van der Waals surface area contributed by atoms with Gasteiger partial charge in [-0.3, -0.25) is 0 Å². The lowest BCUT2D eigenvalue weighted by Crippen LogP contribution is -2.01. The molecule has 0 aromatic carbocycles. The van der Waals surface area contributed by atoms with Gasteiger partial charge in [-0.1, -0.05) is 5.92 Å². The highest BCUT2D eigenvalue weighted by Gasteiger charge is 2.11. The fourth-order valence-electron chi connectivity index (χ4n) is 0.944. The van der Waals surface area contributed by atoms with E-state index in [4.69, 9.17) is 0 Å². The summed E-state index contributed by atoms with van der Waals surface area (Å²) in [4.78, 5) is 22.6. The van der Waals surface area contributed by atoms with Gasteiger partial charge in [0.25, 0.3) is 0 Å². The predicted molar refractivity (Wildman–Crippen MR) is 59.2 cm³/mol. The van der Waals surface area contributed by atoms with Crippen LogP contribution >= 0.6 is 11.3 Å². The molecule has 4 nitrogen and oxygen atoms in total. The summed E-state index contributed by atoms with van der Waals surface area (Å²) in [5, 5.41) is 1.71. The molecule has 0 radical (unpaired) electrons. The first-order valence-electron chi connectivity index (χ1n) is 4.53. The minimum Gasteiger partial charge on any atom is -0.465 e. The molecule has 5 heteroatoms. The Hall–Kier alpha value is -1.80. The Labute approximate surface area is 97.2 Å². The second kappa shape index (κ2) is 5.93. The van der Waals surface area contributed by atoms with Gasteiger partial charge in [-0.25, -0.2) is 9.59 Å². The summed E-state index contributed by atoms with van der Waals surface area (Å²) in [6, 6.07) is 1.66. The number of methoxy groups -OCH3 is 1. The maximum absolute atomic E-state index is 11.3. The van der Waals surface area contributed by atoms with Crippen LogP contribution in [0.5, 0.6) is 0 Å². The van der Waals surface area contributed by atoms with Crippen molar-refractivity contribution >= 4 is 23.3 Å². The average molecular weight is 238 g/mol. The maximum atomic E-state index is 11.3. The van der Waals surface area contributed by atoms with E-state index in [2.05, 4.69) is 21.3 Å². The first-order chi connectivity index (χ1) is 7.69. The van der Waals surface area contributed by atoms with Gasteiger partial charge in [0.1, 0.15) is 4.88 Å². The van der Waals surface area contributed by atoms with Crippen molar-refractivity contribution < 1.29 is 19.1 Å². The van der Waals surface area contributed by atoms with Crippen molar-refractivity contribution in [2.24, 2.45) is 0 Å². The van der Waals surface area contributed by atoms with Gasteiger partial charge in [0, 0.05) is 5.92 Å². The summed E-state index contributed by atoms with van der Waals surface area (Å²) in [6.07, 6.45) is 0. The SMILES string of the molecule is CCOC(=O)C#Cc1ccsc1C(=O)OC. The minimum atomic E-state index is -0.607. The van der Waals surface area contributed by atoms with E-state index < -0.39 is 11.9 Å². The first-order valence-corrected chi connectivity index (χ1v) is 5.41. The third-order valence-electron chi connectivity index (χ3n) is 1.61. The quantitative estimate of drug-likeness (QED) is 0.578. The molecule has 0 aliphatic carbocycles. The third kappa shape index (κ3) is 3.11. The van der Waals surface area contributed by atoms with Gasteiger partial charge in [-0.2, -0.15) is 0 Å². The largest absolute Gasteiger partial charge is 0.465 e. The Morgan fingerprint density at radius 2 is 2.25 bits per heavy atom. The van der Waals surface area contributed by atoms with Crippen molar-refractivity contribution in [3.8, 4) is 11.8 Å². The number of ether oxygens (including phenoxy) is 2. The van der Waals surface area contributed by atoms with Crippen molar-refractivity contribution in [3.05, 3.63) is 21.9 Å². The number of hydrogen-bond acceptors (Lipinski definition) is 5. The standard InChI is InChI=1S/C11H10O4S/c1-3-15-9(12)5-4-8-6-7-16-10(8)11(13)14-2/h6-7H,3H2,1-2H3. The highest BCUT2D eigenvalue weighted by molar-refractivity contribution is 7.12. The lowest BCUT2D eigenvalue weighted by Gasteiger charge is -1.95. The van der Waals surface area contributed by atoms with E-state index in [-0.39, 0.29) is 6.61 Å². The van der Waals surface area contributed by atoms with E-state index in [9.17, 15) is 9.59 Å². The highest BCUT2D eigenvalue weighted by atomic mass is 32.1. The van der Waals surface area contributed by atoms with Crippen molar-refractivity contribution in [2.75, 3.05) is 13.7 Å².